The summed E-state index contributed by atoms with van der Waals surface area (Å²) in [4.78, 5) is 17.5. The van der Waals surface area contributed by atoms with E-state index in [9.17, 15) is 10.1 Å². The van der Waals surface area contributed by atoms with Gasteiger partial charge in [0, 0.05) is 42.4 Å². The fourth-order valence-corrected chi connectivity index (χ4v) is 3.60. The molecule has 0 aliphatic carbocycles. The molecule has 1 aromatic heterocycles. The molecule has 2 aliphatic heterocycles. The first-order chi connectivity index (χ1) is 11.2. The summed E-state index contributed by atoms with van der Waals surface area (Å²) >= 11 is 0. The van der Waals surface area contributed by atoms with Gasteiger partial charge in [-0.05, 0) is 24.6 Å². The number of hydrogen-bond donors (Lipinski definition) is 0. The molecule has 1 aromatic carbocycles. The Morgan fingerprint density at radius 2 is 2.17 bits per heavy atom. The van der Waals surface area contributed by atoms with Crippen molar-refractivity contribution in [2.24, 2.45) is 0 Å². The van der Waals surface area contributed by atoms with E-state index in [0.29, 0.717) is 0 Å². The molecule has 2 atom stereocenters. The summed E-state index contributed by atoms with van der Waals surface area (Å²) in [6.07, 6.45) is 7.61. The van der Waals surface area contributed by atoms with Crippen molar-refractivity contribution in [3.8, 4) is 11.3 Å². The highest BCUT2D eigenvalue weighted by molar-refractivity contribution is 5.62. The minimum absolute atomic E-state index is 0.0897. The van der Waals surface area contributed by atoms with Crippen molar-refractivity contribution in [2.45, 2.75) is 11.8 Å². The molecule has 3 heterocycles. The molecular formula is C18H17N3O2. The fourth-order valence-electron chi connectivity index (χ4n) is 3.60. The second-order valence-corrected chi connectivity index (χ2v) is 6.28. The third-order valence-electron chi connectivity index (χ3n) is 4.87. The number of non-ortho nitro benzene ring substituents is 1. The predicted molar refractivity (Wildman–Crippen MR) is 88.2 cm³/mol. The number of fused-ring (bicyclic) bond motifs is 2. The Morgan fingerprint density at radius 1 is 1.26 bits per heavy atom. The van der Waals surface area contributed by atoms with Gasteiger partial charge in [-0.1, -0.05) is 30.4 Å². The number of nitrogens with zero attached hydrogens (tertiary/aromatic N) is 3. The maximum absolute atomic E-state index is 10.9. The standard InChI is InChI=1S/C18H17N3O2/c22-21(23)16-4-1-3-14(11-16)17-6-5-15(12-19-17)18-7-2-9-20(13-18)10-8-18/h1-7,11-12H,8-10,13H2. The molecule has 5 nitrogen and oxygen atoms in total. The first-order valence-electron chi connectivity index (χ1n) is 7.78. The van der Waals surface area contributed by atoms with E-state index in [1.165, 1.54) is 11.6 Å². The zero-order chi connectivity index (χ0) is 15.9. The minimum Gasteiger partial charge on any atom is -0.298 e. The zero-order valence-corrected chi connectivity index (χ0v) is 12.7. The molecule has 2 aromatic rings. The van der Waals surface area contributed by atoms with E-state index in [1.807, 2.05) is 18.3 Å². The van der Waals surface area contributed by atoms with Gasteiger partial charge in [-0.25, -0.2) is 0 Å². The van der Waals surface area contributed by atoms with Crippen LogP contribution in [-0.4, -0.2) is 34.4 Å². The topological polar surface area (TPSA) is 59.3 Å². The Bertz CT molecular complexity index is 785. The molecule has 0 saturated carbocycles. The molecule has 0 radical (unpaired) electrons. The Hall–Kier alpha value is -2.53. The van der Waals surface area contributed by atoms with Crippen LogP contribution >= 0.6 is 0 Å². The summed E-state index contributed by atoms with van der Waals surface area (Å²) in [6.45, 7) is 3.22. The third kappa shape index (κ3) is 2.43. The summed E-state index contributed by atoms with van der Waals surface area (Å²) in [6, 6.07) is 10.7. The van der Waals surface area contributed by atoms with Gasteiger partial charge in [-0.2, -0.15) is 0 Å². The molecule has 1 saturated heterocycles. The van der Waals surface area contributed by atoms with Gasteiger partial charge in [-0.15, -0.1) is 0 Å². The van der Waals surface area contributed by atoms with Crippen molar-refractivity contribution in [1.29, 1.82) is 0 Å². The second kappa shape index (κ2) is 5.28. The summed E-state index contributed by atoms with van der Waals surface area (Å²) in [7, 11) is 0. The fraction of sp³-hybridized carbons (Fsp3) is 0.278. The van der Waals surface area contributed by atoms with Crippen LogP contribution in [0.15, 0.2) is 54.7 Å². The molecule has 5 heteroatoms. The van der Waals surface area contributed by atoms with Gasteiger partial charge >= 0.3 is 0 Å². The third-order valence-corrected chi connectivity index (χ3v) is 4.87. The van der Waals surface area contributed by atoms with Crippen LogP contribution in [0.25, 0.3) is 11.3 Å². The van der Waals surface area contributed by atoms with E-state index in [1.54, 1.807) is 12.1 Å². The lowest BCUT2D eigenvalue weighted by atomic mass is 9.79. The molecule has 2 unspecified atom stereocenters. The van der Waals surface area contributed by atoms with Gasteiger partial charge < -0.3 is 0 Å². The van der Waals surface area contributed by atoms with Crippen LogP contribution in [0.3, 0.4) is 0 Å². The van der Waals surface area contributed by atoms with Crippen LogP contribution in [0.2, 0.25) is 0 Å². The second-order valence-electron chi connectivity index (χ2n) is 6.28. The van der Waals surface area contributed by atoms with Crippen molar-refractivity contribution in [1.82, 2.24) is 9.88 Å². The highest BCUT2D eigenvalue weighted by Gasteiger charge is 2.39. The SMILES string of the molecule is O=[N+]([O-])c1cccc(-c2ccc(C34C=CCN(CC3)C4)cn2)c1. The molecule has 0 N–H and O–H groups in total. The first-order valence-corrected chi connectivity index (χ1v) is 7.78. The number of aromatic nitrogens is 1. The van der Waals surface area contributed by atoms with Gasteiger partial charge in [0.1, 0.15) is 0 Å². The van der Waals surface area contributed by atoms with Crippen LogP contribution in [0.5, 0.6) is 0 Å². The number of pyridine rings is 1. The smallest absolute Gasteiger partial charge is 0.270 e. The van der Waals surface area contributed by atoms with E-state index >= 15 is 0 Å². The lowest BCUT2D eigenvalue weighted by Gasteiger charge is -2.29. The van der Waals surface area contributed by atoms with Crippen LogP contribution in [0, 0.1) is 10.1 Å². The minimum atomic E-state index is -0.378. The number of rotatable bonds is 3. The quantitative estimate of drug-likeness (QED) is 0.496. The van der Waals surface area contributed by atoms with Crippen molar-refractivity contribution in [3.63, 3.8) is 0 Å². The van der Waals surface area contributed by atoms with E-state index in [2.05, 4.69) is 28.1 Å². The summed E-state index contributed by atoms with van der Waals surface area (Å²) in [5.74, 6) is 0. The normalized spacial score (nSPS) is 25.5. The van der Waals surface area contributed by atoms with Crippen molar-refractivity contribution in [3.05, 3.63) is 70.4 Å². The Balaban J connectivity index is 1.66. The van der Waals surface area contributed by atoms with Gasteiger partial charge in [0.25, 0.3) is 5.69 Å². The van der Waals surface area contributed by atoms with Gasteiger partial charge in [0.2, 0.25) is 0 Å². The first kappa shape index (κ1) is 14.1. The van der Waals surface area contributed by atoms with Crippen molar-refractivity contribution in [2.75, 3.05) is 19.6 Å². The summed E-state index contributed by atoms with van der Waals surface area (Å²) in [5, 5.41) is 10.9. The lowest BCUT2D eigenvalue weighted by Crippen LogP contribution is -2.33. The van der Waals surface area contributed by atoms with Crippen molar-refractivity contribution < 1.29 is 4.92 Å². The van der Waals surface area contributed by atoms with Crippen LogP contribution in [0.1, 0.15) is 12.0 Å². The van der Waals surface area contributed by atoms with Gasteiger partial charge in [-0.3, -0.25) is 20.0 Å². The molecule has 116 valence electrons. The Kier molecular flexibility index (Phi) is 3.23. The summed E-state index contributed by atoms with van der Waals surface area (Å²) in [5.41, 5.74) is 2.95. The monoisotopic (exact) mass is 307 g/mol. The molecular weight excluding hydrogens is 290 g/mol. The largest absolute Gasteiger partial charge is 0.298 e. The number of benzene rings is 1. The molecule has 0 amide bonds. The van der Waals surface area contributed by atoms with E-state index < -0.39 is 0 Å². The molecule has 1 fully saturated rings. The maximum atomic E-state index is 10.9. The highest BCUT2D eigenvalue weighted by atomic mass is 16.6. The highest BCUT2D eigenvalue weighted by Crippen LogP contribution is 2.38. The number of nitro groups is 1. The van der Waals surface area contributed by atoms with Gasteiger partial charge in [0.05, 0.1) is 10.6 Å². The van der Waals surface area contributed by atoms with E-state index in [0.717, 1.165) is 37.3 Å². The molecule has 0 spiro atoms. The van der Waals surface area contributed by atoms with Crippen LogP contribution in [-0.2, 0) is 5.41 Å². The van der Waals surface area contributed by atoms with Crippen LogP contribution < -0.4 is 0 Å². The lowest BCUT2D eigenvalue weighted by molar-refractivity contribution is -0.384. The summed E-state index contributed by atoms with van der Waals surface area (Å²) < 4.78 is 0. The average molecular weight is 307 g/mol. The molecule has 2 aliphatic rings. The Labute approximate surface area is 134 Å². The zero-order valence-electron chi connectivity index (χ0n) is 12.7. The maximum Gasteiger partial charge on any atom is 0.270 e. The molecule has 4 rings (SSSR count). The molecule has 23 heavy (non-hydrogen) atoms. The van der Waals surface area contributed by atoms with Crippen molar-refractivity contribution >= 4 is 5.69 Å². The van der Waals surface area contributed by atoms with Crippen LogP contribution in [0.4, 0.5) is 5.69 Å². The Morgan fingerprint density at radius 3 is 2.96 bits per heavy atom. The van der Waals surface area contributed by atoms with E-state index in [-0.39, 0.29) is 16.0 Å². The molecule has 2 bridgehead atoms. The number of nitro benzene ring substituents is 1. The van der Waals surface area contributed by atoms with Gasteiger partial charge in [0.15, 0.2) is 0 Å². The predicted octanol–water partition coefficient (Wildman–Crippen LogP) is 3.17. The van der Waals surface area contributed by atoms with E-state index in [4.69, 9.17) is 0 Å². The average Bonchev–Trinajstić information content (AvgIpc) is 2.90. The number of hydrogen-bond acceptors (Lipinski definition) is 4.